The lowest BCUT2D eigenvalue weighted by atomic mass is 9.99. The van der Waals surface area contributed by atoms with E-state index in [0.29, 0.717) is 29.7 Å². The Morgan fingerprint density at radius 3 is 2.63 bits per heavy atom. The van der Waals surface area contributed by atoms with E-state index in [1.54, 1.807) is 26.6 Å². The van der Waals surface area contributed by atoms with Gasteiger partial charge < -0.3 is 18.9 Å². The Morgan fingerprint density at radius 1 is 1.17 bits per heavy atom. The van der Waals surface area contributed by atoms with Crippen LogP contribution in [0.3, 0.4) is 0 Å². The number of rotatable bonds is 6. The van der Waals surface area contributed by atoms with E-state index in [1.807, 2.05) is 40.8 Å². The van der Waals surface area contributed by atoms with Gasteiger partial charge in [-0.2, -0.15) is 0 Å². The summed E-state index contributed by atoms with van der Waals surface area (Å²) >= 11 is 1.39. The molecule has 3 heterocycles. The lowest BCUT2D eigenvalue weighted by molar-refractivity contribution is -0.129. The summed E-state index contributed by atoms with van der Waals surface area (Å²) in [5.74, 6) is 2.51. The van der Waals surface area contributed by atoms with Gasteiger partial charge in [0.25, 0.3) is 0 Å². The van der Waals surface area contributed by atoms with Crippen LogP contribution in [-0.4, -0.2) is 57.1 Å². The number of pyridine rings is 1. The summed E-state index contributed by atoms with van der Waals surface area (Å²) in [6.07, 6.45) is 4.26. The van der Waals surface area contributed by atoms with Crippen molar-refractivity contribution >= 4 is 17.7 Å². The fourth-order valence-corrected chi connectivity index (χ4v) is 4.31. The first kappa shape index (κ1) is 20.2. The van der Waals surface area contributed by atoms with E-state index in [0.717, 1.165) is 29.1 Å². The van der Waals surface area contributed by atoms with Crippen LogP contribution < -0.4 is 9.47 Å². The quantitative estimate of drug-likeness (QED) is 0.562. The SMILES string of the molecule is COc1cc2c(cc1OC)CN(C(=O)CSc1nnc(-c3cccnc3)n1C)CC2. The molecule has 3 aromatic rings. The van der Waals surface area contributed by atoms with E-state index in [9.17, 15) is 4.79 Å². The molecule has 9 heteroatoms. The number of ether oxygens (including phenoxy) is 2. The minimum atomic E-state index is 0.0753. The Kier molecular flexibility index (Phi) is 5.89. The summed E-state index contributed by atoms with van der Waals surface area (Å²) in [7, 11) is 5.14. The number of nitrogens with zero attached hydrogens (tertiary/aromatic N) is 5. The number of benzene rings is 1. The van der Waals surface area contributed by atoms with Crippen LogP contribution in [0.5, 0.6) is 11.5 Å². The highest BCUT2D eigenvalue weighted by atomic mass is 32.2. The maximum atomic E-state index is 12.8. The van der Waals surface area contributed by atoms with Crippen LogP contribution in [0, 0.1) is 0 Å². The number of carbonyl (C=O) groups excluding carboxylic acids is 1. The third-order valence-electron chi connectivity index (χ3n) is 5.15. The molecule has 8 nitrogen and oxygen atoms in total. The molecule has 0 radical (unpaired) electrons. The maximum Gasteiger partial charge on any atom is 0.233 e. The number of hydrogen-bond donors (Lipinski definition) is 0. The molecule has 0 N–H and O–H groups in total. The van der Waals surface area contributed by atoms with Crippen molar-refractivity contribution in [3.05, 3.63) is 47.8 Å². The second-order valence-corrected chi connectivity index (χ2v) is 7.88. The number of hydrogen-bond acceptors (Lipinski definition) is 7. The van der Waals surface area contributed by atoms with Crippen LogP contribution in [0.4, 0.5) is 0 Å². The average molecular weight is 426 g/mol. The second kappa shape index (κ2) is 8.74. The molecule has 0 aliphatic carbocycles. The van der Waals surface area contributed by atoms with Crippen molar-refractivity contribution in [2.24, 2.45) is 7.05 Å². The molecule has 0 unspecified atom stereocenters. The van der Waals surface area contributed by atoms with Crippen LogP contribution in [0.2, 0.25) is 0 Å². The van der Waals surface area contributed by atoms with Gasteiger partial charge in [-0.15, -0.1) is 10.2 Å². The highest BCUT2D eigenvalue weighted by Gasteiger charge is 2.23. The fraction of sp³-hybridized carbons (Fsp3) is 0.333. The molecule has 30 heavy (non-hydrogen) atoms. The van der Waals surface area contributed by atoms with Gasteiger partial charge in [0, 0.05) is 38.1 Å². The first-order valence-electron chi connectivity index (χ1n) is 9.55. The zero-order chi connectivity index (χ0) is 21.1. The van der Waals surface area contributed by atoms with Crippen LogP contribution in [0.25, 0.3) is 11.4 Å². The number of methoxy groups -OCH3 is 2. The molecule has 0 saturated carbocycles. The number of fused-ring (bicyclic) bond motifs is 1. The highest BCUT2D eigenvalue weighted by molar-refractivity contribution is 7.99. The first-order chi connectivity index (χ1) is 14.6. The Hall–Kier alpha value is -3.07. The molecule has 1 aromatic carbocycles. The summed E-state index contributed by atoms with van der Waals surface area (Å²) in [5, 5.41) is 9.18. The minimum Gasteiger partial charge on any atom is -0.493 e. The predicted octanol–water partition coefficient (Wildman–Crippen LogP) is 2.57. The smallest absolute Gasteiger partial charge is 0.233 e. The Balaban J connectivity index is 1.42. The van der Waals surface area contributed by atoms with E-state index in [-0.39, 0.29) is 5.91 Å². The molecule has 1 aliphatic rings. The fourth-order valence-electron chi connectivity index (χ4n) is 3.50. The molecule has 1 amide bonds. The third-order valence-corrected chi connectivity index (χ3v) is 6.16. The molecule has 0 bridgehead atoms. The molecule has 0 spiro atoms. The van der Waals surface area contributed by atoms with Crippen LogP contribution >= 0.6 is 11.8 Å². The molecule has 156 valence electrons. The number of aromatic nitrogens is 4. The van der Waals surface area contributed by atoms with Crippen molar-refractivity contribution in [1.29, 1.82) is 0 Å². The zero-order valence-corrected chi connectivity index (χ0v) is 18.0. The minimum absolute atomic E-state index is 0.0753. The maximum absolute atomic E-state index is 12.8. The van der Waals surface area contributed by atoms with Crippen molar-refractivity contribution < 1.29 is 14.3 Å². The van der Waals surface area contributed by atoms with Crippen molar-refractivity contribution in [3.8, 4) is 22.9 Å². The first-order valence-corrected chi connectivity index (χ1v) is 10.5. The zero-order valence-electron chi connectivity index (χ0n) is 17.2. The Bertz CT molecular complexity index is 1050. The molecular formula is C21H23N5O3S. The van der Waals surface area contributed by atoms with Crippen molar-refractivity contribution in [2.75, 3.05) is 26.5 Å². The average Bonchev–Trinajstić information content (AvgIpc) is 3.16. The number of amides is 1. The summed E-state index contributed by atoms with van der Waals surface area (Å²) in [4.78, 5) is 18.8. The van der Waals surface area contributed by atoms with Crippen molar-refractivity contribution in [1.82, 2.24) is 24.6 Å². The molecule has 4 rings (SSSR count). The number of carbonyl (C=O) groups is 1. The van der Waals surface area contributed by atoms with Gasteiger partial charge in [-0.1, -0.05) is 11.8 Å². The van der Waals surface area contributed by atoms with Crippen LogP contribution in [-0.2, 0) is 24.8 Å². The molecule has 0 fully saturated rings. The van der Waals surface area contributed by atoms with E-state index in [2.05, 4.69) is 15.2 Å². The van der Waals surface area contributed by atoms with Gasteiger partial charge in [0.15, 0.2) is 22.5 Å². The van der Waals surface area contributed by atoms with Crippen LogP contribution in [0.15, 0.2) is 41.8 Å². The molecule has 0 saturated heterocycles. The van der Waals surface area contributed by atoms with Crippen molar-refractivity contribution in [3.63, 3.8) is 0 Å². The second-order valence-electron chi connectivity index (χ2n) is 6.94. The predicted molar refractivity (Wildman–Crippen MR) is 114 cm³/mol. The van der Waals surface area contributed by atoms with Gasteiger partial charge in [-0.3, -0.25) is 9.78 Å². The van der Waals surface area contributed by atoms with Crippen molar-refractivity contribution in [2.45, 2.75) is 18.1 Å². The van der Waals surface area contributed by atoms with Gasteiger partial charge in [0.2, 0.25) is 5.91 Å². The molecule has 0 atom stereocenters. The number of thioether (sulfide) groups is 1. The van der Waals surface area contributed by atoms with Gasteiger partial charge in [0.05, 0.1) is 20.0 Å². The molecule has 1 aliphatic heterocycles. The van der Waals surface area contributed by atoms with Gasteiger partial charge >= 0.3 is 0 Å². The largest absolute Gasteiger partial charge is 0.493 e. The van der Waals surface area contributed by atoms with E-state index in [1.165, 1.54) is 17.3 Å². The lowest BCUT2D eigenvalue weighted by Gasteiger charge is -2.29. The van der Waals surface area contributed by atoms with E-state index < -0.39 is 0 Å². The highest BCUT2D eigenvalue weighted by Crippen LogP contribution is 2.33. The lowest BCUT2D eigenvalue weighted by Crippen LogP contribution is -2.37. The Morgan fingerprint density at radius 2 is 1.93 bits per heavy atom. The van der Waals surface area contributed by atoms with Gasteiger partial charge in [0.1, 0.15) is 0 Å². The van der Waals surface area contributed by atoms with E-state index >= 15 is 0 Å². The van der Waals surface area contributed by atoms with Gasteiger partial charge in [-0.05, 0) is 41.8 Å². The van der Waals surface area contributed by atoms with E-state index in [4.69, 9.17) is 9.47 Å². The summed E-state index contributed by atoms with van der Waals surface area (Å²) in [6, 6.07) is 7.76. The standard InChI is InChI=1S/C21H23N5O3S/c1-25-20(15-5-4-7-22-11-15)23-24-21(25)30-13-19(27)26-8-6-14-9-17(28-2)18(29-3)10-16(14)12-26/h4-5,7,9-11H,6,8,12-13H2,1-3H3. The monoisotopic (exact) mass is 425 g/mol. The normalized spacial score (nSPS) is 13.1. The summed E-state index contributed by atoms with van der Waals surface area (Å²) in [6.45, 7) is 1.25. The third kappa shape index (κ3) is 3.97. The molecular weight excluding hydrogens is 402 g/mol. The van der Waals surface area contributed by atoms with Crippen LogP contribution in [0.1, 0.15) is 11.1 Å². The summed E-state index contributed by atoms with van der Waals surface area (Å²) < 4.78 is 12.7. The Labute approximate surface area is 179 Å². The summed E-state index contributed by atoms with van der Waals surface area (Å²) in [5.41, 5.74) is 3.18. The van der Waals surface area contributed by atoms with Gasteiger partial charge in [-0.25, -0.2) is 0 Å². The molecule has 2 aromatic heterocycles. The topological polar surface area (TPSA) is 82.4 Å².